The second-order valence-electron chi connectivity index (χ2n) is 6.77. The smallest absolute Gasteiger partial charge is 0.315 e. The van der Waals surface area contributed by atoms with Gasteiger partial charge in [-0.3, -0.25) is 9.59 Å². The van der Waals surface area contributed by atoms with Gasteiger partial charge in [-0.25, -0.2) is 4.99 Å². The van der Waals surface area contributed by atoms with Crippen LogP contribution in [0.25, 0.3) is 0 Å². The summed E-state index contributed by atoms with van der Waals surface area (Å²) in [7, 11) is 1.52. The minimum Gasteiger partial charge on any atom is -0.315 e. The van der Waals surface area contributed by atoms with Gasteiger partial charge in [-0.1, -0.05) is 30.0 Å². The van der Waals surface area contributed by atoms with E-state index in [1.807, 2.05) is 0 Å². The zero-order valence-electron chi connectivity index (χ0n) is 16.3. The molecule has 1 aliphatic heterocycles. The third-order valence-corrected chi connectivity index (χ3v) is 5.54. The van der Waals surface area contributed by atoms with Crippen LogP contribution in [0.2, 0.25) is 0 Å². The number of hydrogen-bond acceptors (Lipinski definition) is 4. The van der Waals surface area contributed by atoms with Gasteiger partial charge >= 0.3 is 12.4 Å². The standard InChI is InChI=1S/C20H15F6N3O2S/c1-29(14-5-3-2-4-6-14)16(30)10-15-17(31)28-18(32-15)27-13-8-11(19(21,22)23)7-12(9-13)20(24,25)26/h2-9,15H,10H2,1H3,(H,27,28,31). The molecule has 1 N–H and O–H groups in total. The molecule has 0 saturated carbocycles. The molecule has 0 spiro atoms. The molecule has 1 fully saturated rings. The van der Waals surface area contributed by atoms with Crippen LogP contribution in [0.5, 0.6) is 0 Å². The number of aliphatic imine (C=N–C) groups is 1. The molecule has 2 aromatic carbocycles. The van der Waals surface area contributed by atoms with Crippen molar-refractivity contribution in [3.05, 3.63) is 59.7 Å². The molecule has 3 rings (SSSR count). The number of hydrogen-bond donors (Lipinski definition) is 1. The van der Waals surface area contributed by atoms with Gasteiger partial charge in [-0.05, 0) is 30.3 Å². The highest BCUT2D eigenvalue weighted by Crippen LogP contribution is 2.38. The molecule has 0 aromatic heterocycles. The average molecular weight is 475 g/mol. The minimum atomic E-state index is -5.01. The first-order valence-corrected chi connectivity index (χ1v) is 9.90. The van der Waals surface area contributed by atoms with Crippen LogP contribution in [0, 0.1) is 0 Å². The Kier molecular flexibility index (Phi) is 6.54. The van der Waals surface area contributed by atoms with Crippen molar-refractivity contribution in [3.63, 3.8) is 0 Å². The maximum atomic E-state index is 13.0. The van der Waals surface area contributed by atoms with Crippen molar-refractivity contribution in [1.82, 2.24) is 5.32 Å². The highest BCUT2D eigenvalue weighted by atomic mass is 32.2. The van der Waals surface area contributed by atoms with E-state index < -0.39 is 46.2 Å². The second kappa shape index (κ2) is 8.85. The lowest BCUT2D eigenvalue weighted by molar-refractivity contribution is -0.143. The Balaban J connectivity index is 1.79. The fourth-order valence-corrected chi connectivity index (χ4v) is 3.78. The summed E-state index contributed by atoms with van der Waals surface area (Å²) in [4.78, 5) is 29.7. The highest BCUT2D eigenvalue weighted by Gasteiger charge is 2.38. The van der Waals surface area contributed by atoms with E-state index in [0.717, 1.165) is 11.8 Å². The molecule has 2 aromatic rings. The van der Waals surface area contributed by atoms with Crippen molar-refractivity contribution in [1.29, 1.82) is 0 Å². The summed E-state index contributed by atoms with van der Waals surface area (Å²) in [5.41, 5.74) is -3.06. The molecule has 1 unspecified atom stereocenters. The lowest BCUT2D eigenvalue weighted by Gasteiger charge is -2.18. The molecular formula is C20H15F6N3O2S. The fourth-order valence-electron chi connectivity index (χ4n) is 2.80. The Morgan fingerprint density at radius 2 is 1.59 bits per heavy atom. The van der Waals surface area contributed by atoms with E-state index in [1.54, 1.807) is 30.3 Å². The maximum Gasteiger partial charge on any atom is 0.416 e. The van der Waals surface area contributed by atoms with E-state index >= 15 is 0 Å². The molecule has 1 atom stereocenters. The van der Waals surface area contributed by atoms with E-state index in [9.17, 15) is 35.9 Å². The summed E-state index contributed by atoms with van der Waals surface area (Å²) in [5, 5.41) is 1.17. The molecular weight excluding hydrogens is 460 g/mol. The normalized spacial score (nSPS) is 18.0. The van der Waals surface area contributed by atoms with Gasteiger partial charge in [0, 0.05) is 19.2 Å². The zero-order valence-corrected chi connectivity index (χ0v) is 17.1. The lowest BCUT2D eigenvalue weighted by atomic mass is 10.1. The Labute approximate surface area is 182 Å². The van der Waals surface area contributed by atoms with E-state index in [1.165, 1.54) is 11.9 Å². The molecule has 0 bridgehead atoms. The van der Waals surface area contributed by atoms with Gasteiger partial charge in [-0.2, -0.15) is 26.3 Å². The number of rotatable bonds is 4. The molecule has 0 aliphatic carbocycles. The van der Waals surface area contributed by atoms with Crippen LogP contribution in [-0.2, 0) is 21.9 Å². The number of para-hydroxylation sites is 1. The molecule has 32 heavy (non-hydrogen) atoms. The Morgan fingerprint density at radius 1 is 1.03 bits per heavy atom. The number of amides is 2. The molecule has 170 valence electrons. The van der Waals surface area contributed by atoms with E-state index in [0.29, 0.717) is 17.8 Å². The van der Waals surface area contributed by atoms with Gasteiger partial charge in [0.05, 0.1) is 16.8 Å². The number of carbonyl (C=O) groups excluding carboxylic acids is 2. The lowest BCUT2D eigenvalue weighted by Crippen LogP contribution is -2.32. The molecule has 1 heterocycles. The Bertz CT molecular complexity index is 1020. The topological polar surface area (TPSA) is 61.8 Å². The van der Waals surface area contributed by atoms with Gasteiger partial charge in [0.25, 0.3) is 0 Å². The predicted octanol–water partition coefficient (Wildman–Crippen LogP) is 5.00. The number of carbonyl (C=O) groups is 2. The van der Waals surface area contributed by atoms with Crippen LogP contribution in [-0.4, -0.2) is 29.3 Å². The molecule has 2 amide bonds. The SMILES string of the molecule is CN(C(=O)CC1SC(=Nc2cc(C(F)(F)F)cc(C(F)(F)F)c2)NC1=O)c1ccccc1. The summed E-state index contributed by atoms with van der Waals surface area (Å²) in [6, 6.07) is 9.51. The fraction of sp³-hybridized carbons (Fsp3) is 0.250. The first-order valence-electron chi connectivity index (χ1n) is 9.02. The molecule has 12 heteroatoms. The van der Waals surface area contributed by atoms with Gasteiger partial charge in [0.15, 0.2) is 5.17 Å². The predicted molar refractivity (Wildman–Crippen MR) is 108 cm³/mol. The van der Waals surface area contributed by atoms with Crippen LogP contribution in [0.1, 0.15) is 17.5 Å². The second-order valence-corrected chi connectivity index (χ2v) is 7.96. The zero-order chi connectivity index (χ0) is 23.7. The summed E-state index contributed by atoms with van der Waals surface area (Å²) in [5.74, 6) is -1.02. The number of nitrogens with zero attached hydrogens (tertiary/aromatic N) is 2. The average Bonchev–Trinajstić information content (AvgIpc) is 3.05. The largest absolute Gasteiger partial charge is 0.416 e. The van der Waals surface area contributed by atoms with E-state index in [2.05, 4.69) is 10.3 Å². The van der Waals surface area contributed by atoms with Crippen LogP contribution in [0.3, 0.4) is 0 Å². The van der Waals surface area contributed by atoms with Gasteiger partial charge in [0.2, 0.25) is 11.8 Å². The van der Waals surface area contributed by atoms with Crippen LogP contribution >= 0.6 is 11.8 Å². The van der Waals surface area contributed by atoms with Crippen molar-refractivity contribution in [2.24, 2.45) is 4.99 Å². The van der Waals surface area contributed by atoms with Crippen LogP contribution in [0.15, 0.2) is 53.5 Å². The third kappa shape index (κ3) is 5.61. The first kappa shape index (κ1) is 23.6. The minimum absolute atomic E-state index is 0.00898. The van der Waals surface area contributed by atoms with Gasteiger partial charge in [0.1, 0.15) is 5.25 Å². The highest BCUT2D eigenvalue weighted by molar-refractivity contribution is 8.15. The van der Waals surface area contributed by atoms with Crippen molar-refractivity contribution in [2.45, 2.75) is 24.0 Å². The summed E-state index contributed by atoms with van der Waals surface area (Å²) < 4.78 is 78.0. The molecule has 0 radical (unpaired) electrons. The maximum absolute atomic E-state index is 13.0. The summed E-state index contributed by atoms with van der Waals surface area (Å²) in [6.07, 6.45) is -10.3. The van der Waals surface area contributed by atoms with Crippen molar-refractivity contribution >= 4 is 40.1 Å². The van der Waals surface area contributed by atoms with Crippen molar-refractivity contribution in [3.8, 4) is 0 Å². The molecule has 1 aliphatic rings. The number of nitrogens with one attached hydrogen (secondary N) is 1. The van der Waals surface area contributed by atoms with Gasteiger partial charge < -0.3 is 10.2 Å². The van der Waals surface area contributed by atoms with Crippen molar-refractivity contribution < 1.29 is 35.9 Å². The number of anilines is 1. The molecule has 5 nitrogen and oxygen atoms in total. The Hall–Kier alpha value is -3.02. The monoisotopic (exact) mass is 475 g/mol. The number of thioether (sulfide) groups is 1. The number of amidine groups is 1. The number of halogens is 6. The Morgan fingerprint density at radius 3 is 2.12 bits per heavy atom. The third-order valence-electron chi connectivity index (χ3n) is 4.46. The van der Waals surface area contributed by atoms with E-state index in [-0.39, 0.29) is 17.7 Å². The molecule has 1 saturated heterocycles. The van der Waals surface area contributed by atoms with Crippen LogP contribution in [0.4, 0.5) is 37.7 Å². The van der Waals surface area contributed by atoms with Crippen LogP contribution < -0.4 is 10.2 Å². The number of benzene rings is 2. The van der Waals surface area contributed by atoms with Gasteiger partial charge in [-0.15, -0.1) is 0 Å². The van der Waals surface area contributed by atoms with Crippen molar-refractivity contribution in [2.75, 3.05) is 11.9 Å². The number of alkyl halides is 6. The quantitative estimate of drug-likeness (QED) is 0.634. The first-order chi connectivity index (χ1) is 14.8. The summed E-state index contributed by atoms with van der Waals surface area (Å²) >= 11 is 0.761. The van der Waals surface area contributed by atoms with E-state index in [4.69, 9.17) is 0 Å². The summed E-state index contributed by atoms with van der Waals surface area (Å²) in [6.45, 7) is 0.